The molecule has 0 atom stereocenters. The molecule has 9 heteroatoms. The Morgan fingerprint density at radius 1 is 1.08 bits per heavy atom. The van der Waals surface area contributed by atoms with E-state index in [9.17, 15) is 8.42 Å². The SMILES string of the molecule is Cc1noc(C)c1S(=O)(=O)NCCOc1ccc(-c2ccccc2)nn1. The van der Waals surface area contributed by atoms with Crippen LogP contribution in [-0.4, -0.2) is 36.9 Å². The molecule has 0 amide bonds. The van der Waals surface area contributed by atoms with Crippen molar-refractivity contribution in [2.75, 3.05) is 13.2 Å². The molecule has 0 unspecified atom stereocenters. The molecule has 136 valence electrons. The van der Waals surface area contributed by atoms with Crippen LogP contribution in [0.1, 0.15) is 11.5 Å². The maximum Gasteiger partial charge on any atom is 0.246 e. The smallest absolute Gasteiger partial charge is 0.246 e. The molecule has 0 fully saturated rings. The Labute approximate surface area is 151 Å². The van der Waals surface area contributed by atoms with Gasteiger partial charge in [0.15, 0.2) is 5.76 Å². The standard InChI is InChI=1S/C17H18N4O4S/c1-12-17(13(2)25-21-12)26(22,23)18-10-11-24-16-9-8-15(19-20-16)14-6-4-3-5-7-14/h3-9,18H,10-11H2,1-2H3. The van der Waals surface area contributed by atoms with Gasteiger partial charge >= 0.3 is 0 Å². The highest BCUT2D eigenvalue weighted by molar-refractivity contribution is 7.89. The number of aryl methyl sites for hydroxylation is 2. The highest BCUT2D eigenvalue weighted by Gasteiger charge is 2.23. The summed E-state index contributed by atoms with van der Waals surface area (Å²) in [6, 6.07) is 13.1. The lowest BCUT2D eigenvalue weighted by Crippen LogP contribution is -2.29. The fourth-order valence-electron chi connectivity index (χ4n) is 2.42. The van der Waals surface area contributed by atoms with Crippen molar-refractivity contribution in [3.05, 3.63) is 53.9 Å². The Hall–Kier alpha value is -2.78. The quantitative estimate of drug-likeness (QED) is 0.631. The van der Waals surface area contributed by atoms with Gasteiger partial charge in [0.2, 0.25) is 15.9 Å². The second kappa shape index (κ2) is 7.63. The Balaban J connectivity index is 1.54. The minimum absolute atomic E-state index is 0.0597. The van der Waals surface area contributed by atoms with E-state index < -0.39 is 10.0 Å². The molecule has 1 N–H and O–H groups in total. The highest BCUT2D eigenvalue weighted by Crippen LogP contribution is 2.19. The third kappa shape index (κ3) is 4.06. The lowest BCUT2D eigenvalue weighted by atomic mass is 10.1. The first kappa shape index (κ1) is 18.0. The van der Waals surface area contributed by atoms with Gasteiger partial charge in [-0.15, -0.1) is 10.2 Å². The summed E-state index contributed by atoms with van der Waals surface area (Å²) in [5, 5.41) is 11.7. The molecule has 0 aliphatic heterocycles. The second-order valence-corrected chi connectivity index (χ2v) is 7.23. The second-order valence-electron chi connectivity index (χ2n) is 5.52. The third-order valence-corrected chi connectivity index (χ3v) is 5.29. The Morgan fingerprint density at radius 3 is 2.46 bits per heavy atom. The van der Waals surface area contributed by atoms with Crippen LogP contribution in [-0.2, 0) is 10.0 Å². The van der Waals surface area contributed by atoms with Crippen molar-refractivity contribution in [3.8, 4) is 17.1 Å². The number of aromatic nitrogens is 3. The number of sulfonamides is 1. The largest absolute Gasteiger partial charge is 0.475 e. The van der Waals surface area contributed by atoms with Crippen LogP contribution in [0.3, 0.4) is 0 Å². The van der Waals surface area contributed by atoms with Crippen LogP contribution in [0.2, 0.25) is 0 Å². The van der Waals surface area contributed by atoms with Crippen molar-refractivity contribution in [1.82, 2.24) is 20.1 Å². The van der Waals surface area contributed by atoms with E-state index in [1.807, 2.05) is 30.3 Å². The zero-order valence-corrected chi connectivity index (χ0v) is 15.2. The number of hydrogen-bond acceptors (Lipinski definition) is 7. The van der Waals surface area contributed by atoms with Crippen LogP contribution >= 0.6 is 0 Å². The molecule has 0 saturated carbocycles. The highest BCUT2D eigenvalue weighted by atomic mass is 32.2. The van der Waals surface area contributed by atoms with E-state index in [1.54, 1.807) is 26.0 Å². The summed E-state index contributed by atoms with van der Waals surface area (Å²) in [6.07, 6.45) is 0. The molecule has 0 saturated heterocycles. The van der Waals surface area contributed by atoms with Crippen molar-refractivity contribution in [1.29, 1.82) is 0 Å². The molecule has 3 rings (SSSR count). The van der Waals surface area contributed by atoms with Gasteiger partial charge in [-0.25, -0.2) is 13.1 Å². The van der Waals surface area contributed by atoms with E-state index in [0.29, 0.717) is 11.6 Å². The number of nitrogens with zero attached hydrogens (tertiary/aromatic N) is 3. The number of nitrogens with one attached hydrogen (secondary N) is 1. The molecule has 3 aromatic rings. The third-order valence-electron chi connectivity index (χ3n) is 3.59. The first-order valence-electron chi connectivity index (χ1n) is 7.92. The van der Waals surface area contributed by atoms with Gasteiger partial charge in [0.1, 0.15) is 17.2 Å². The number of ether oxygens (including phenoxy) is 1. The van der Waals surface area contributed by atoms with E-state index in [-0.39, 0.29) is 23.8 Å². The first-order valence-corrected chi connectivity index (χ1v) is 9.40. The number of benzene rings is 1. The minimum Gasteiger partial charge on any atom is -0.475 e. The van der Waals surface area contributed by atoms with Gasteiger partial charge in [0, 0.05) is 18.2 Å². The van der Waals surface area contributed by atoms with Gasteiger partial charge in [-0.05, 0) is 19.9 Å². The van der Waals surface area contributed by atoms with Gasteiger partial charge < -0.3 is 9.26 Å². The predicted molar refractivity (Wildman–Crippen MR) is 94.1 cm³/mol. The van der Waals surface area contributed by atoms with E-state index in [2.05, 4.69) is 20.1 Å². The molecule has 0 aliphatic carbocycles. The average molecular weight is 374 g/mol. The van der Waals surface area contributed by atoms with Crippen molar-refractivity contribution in [3.63, 3.8) is 0 Å². The molecule has 8 nitrogen and oxygen atoms in total. The van der Waals surface area contributed by atoms with Crippen LogP contribution in [0, 0.1) is 13.8 Å². The van der Waals surface area contributed by atoms with Gasteiger partial charge in [-0.1, -0.05) is 35.5 Å². The fraction of sp³-hybridized carbons (Fsp3) is 0.235. The van der Waals surface area contributed by atoms with Crippen LogP contribution in [0.25, 0.3) is 11.3 Å². The maximum absolute atomic E-state index is 12.3. The molecule has 0 bridgehead atoms. The summed E-state index contributed by atoms with van der Waals surface area (Å²) < 4.78 is 37.3. The summed E-state index contributed by atoms with van der Waals surface area (Å²) in [6.45, 7) is 3.32. The Morgan fingerprint density at radius 2 is 1.85 bits per heavy atom. The normalized spacial score (nSPS) is 11.5. The molecule has 2 heterocycles. The predicted octanol–water partition coefficient (Wildman–Crippen LogP) is 2.11. The van der Waals surface area contributed by atoms with E-state index in [1.165, 1.54) is 0 Å². The monoisotopic (exact) mass is 374 g/mol. The summed E-state index contributed by atoms with van der Waals surface area (Å²) in [5.74, 6) is 0.569. The molecule has 0 spiro atoms. The molecular weight excluding hydrogens is 356 g/mol. The van der Waals surface area contributed by atoms with E-state index in [4.69, 9.17) is 9.26 Å². The topological polar surface area (TPSA) is 107 Å². The molecular formula is C17H18N4O4S. The van der Waals surface area contributed by atoms with Crippen LogP contribution < -0.4 is 9.46 Å². The van der Waals surface area contributed by atoms with Gasteiger partial charge in [0.05, 0.1) is 5.69 Å². The van der Waals surface area contributed by atoms with Gasteiger partial charge in [-0.3, -0.25) is 0 Å². The minimum atomic E-state index is -3.70. The van der Waals surface area contributed by atoms with Crippen LogP contribution in [0.5, 0.6) is 5.88 Å². The summed E-state index contributed by atoms with van der Waals surface area (Å²) in [4.78, 5) is 0.0597. The van der Waals surface area contributed by atoms with Gasteiger partial charge in [-0.2, -0.15) is 0 Å². The lowest BCUT2D eigenvalue weighted by Gasteiger charge is -2.08. The molecule has 0 aliphatic rings. The van der Waals surface area contributed by atoms with Crippen LogP contribution in [0.4, 0.5) is 0 Å². The average Bonchev–Trinajstić information content (AvgIpc) is 2.99. The van der Waals surface area contributed by atoms with Gasteiger partial charge in [0.25, 0.3) is 0 Å². The van der Waals surface area contributed by atoms with Crippen molar-refractivity contribution < 1.29 is 17.7 Å². The molecule has 2 aromatic heterocycles. The Bertz CT molecular complexity index is 950. The first-order chi connectivity index (χ1) is 12.5. The maximum atomic E-state index is 12.3. The van der Waals surface area contributed by atoms with E-state index in [0.717, 1.165) is 11.3 Å². The van der Waals surface area contributed by atoms with Crippen LogP contribution in [0.15, 0.2) is 51.9 Å². The van der Waals surface area contributed by atoms with Crippen molar-refractivity contribution in [2.45, 2.75) is 18.7 Å². The number of rotatable bonds is 7. The summed E-state index contributed by atoms with van der Waals surface area (Å²) >= 11 is 0. The molecule has 1 aromatic carbocycles. The summed E-state index contributed by atoms with van der Waals surface area (Å²) in [7, 11) is -3.70. The fourth-order valence-corrected chi connectivity index (χ4v) is 3.76. The molecule has 0 radical (unpaired) electrons. The zero-order chi connectivity index (χ0) is 18.6. The Kier molecular flexibility index (Phi) is 5.29. The zero-order valence-electron chi connectivity index (χ0n) is 14.3. The summed E-state index contributed by atoms with van der Waals surface area (Å²) in [5.41, 5.74) is 2.01. The molecule has 26 heavy (non-hydrogen) atoms. The van der Waals surface area contributed by atoms with Crippen molar-refractivity contribution in [2.24, 2.45) is 0 Å². The lowest BCUT2D eigenvalue weighted by molar-refractivity contribution is 0.307. The number of hydrogen-bond donors (Lipinski definition) is 1. The van der Waals surface area contributed by atoms with Crippen molar-refractivity contribution >= 4 is 10.0 Å². The van der Waals surface area contributed by atoms with E-state index >= 15 is 0 Å².